The van der Waals surface area contributed by atoms with Crippen LogP contribution < -0.4 is 15.4 Å². The van der Waals surface area contributed by atoms with Crippen LogP contribution in [0.1, 0.15) is 22.3 Å². The third-order valence-corrected chi connectivity index (χ3v) is 4.69. The lowest BCUT2D eigenvalue weighted by molar-refractivity contribution is -0.117. The Bertz CT molecular complexity index is 1080. The molecule has 1 heterocycles. The number of benzene rings is 2. The predicted octanol–water partition coefficient (Wildman–Crippen LogP) is 2.46. The first-order valence-corrected chi connectivity index (χ1v) is 9.64. The molecule has 0 unspecified atom stereocenters. The summed E-state index contributed by atoms with van der Waals surface area (Å²) in [4.78, 5) is 25.6. The minimum atomic E-state index is -0.448. The molecule has 2 aromatic carbocycles. The van der Waals surface area contributed by atoms with E-state index in [2.05, 4.69) is 10.6 Å². The number of aryl methyl sites for hydroxylation is 1. The van der Waals surface area contributed by atoms with Crippen LogP contribution in [0.3, 0.4) is 0 Å². The van der Waals surface area contributed by atoms with Gasteiger partial charge in [0.1, 0.15) is 11.4 Å². The second kappa shape index (κ2) is 9.76. The first-order chi connectivity index (χ1) is 14.5. The Morgan fingerprint density at radius 3 is 2.63 bits per heavy atom. The van der Waals surface area contributed by atoms with E-state index < -0.39 is 11.8 Å². The number of carbonyl (C=O) groups excluding carboxylic acids is 2. The summed E-state index contributed by atoms with van der Waals surface area (Å²) in [6, 6.07) is 14.6. The summed E-state index contributed by atoms with van der Waals surface area (Å²) in [5.41, 5.74) is 2.26. The topological polar surface area (TPSA) is 92.6 Å². The van der Waals surface area contributed by atoms with Gasteiger partial charge in [-0.05, 0) is 30.7 Å². The van der Waals surface area contributed by atoms with Crippen molar-refractivity contribution in [2.75, 3.05) is 20.3 Å². The average molecular weight is 407 g/mol. The fourth-order valence-electron chi connectivity index (χ4n) is 3.20. The van der Waals surface area contributed by atoms with Crippen molar-refractivity contribution in [2.24, 2.45) is 7.05 Å². The van der Waals surface area contributed by atoms with Gasteiger partial charge in [0.2, 0.25) is 0 Å². The van der Waals surface area contributed by atoms with Crippen molar-refractivity contribution >= 4 is 28.8 Å². The molecule has 2 amide bonds. The fourth-order valence-corrected chi connectivity index (χ4v) is 3.20. The van der Waals surface area contributed by atoms with E-state index in [-0.39, 0.29) is 12.3 Å². The monoisotopic (exact) mass is 407 g/mol. The van der Waals surface area contributed by atoms with Gasteiger partial charge in [0.15, 0.2) is 0 Å². The molecular formula is C23H25N3O4. The SMILES string of the molecule is COc1ccccc1C(=O)NC(=Cc1cn(C)c2ccccc12)C(=O)NCCCO. The molecule has 3 rings (SSSR count). The summed E-state index contributed by atoms with van der Waals surface area (Å²) >= 11 is 0. The minimum absolute atomic E-state index is 0.0315. The molecule has 0 aliphatic heterocycles. The van der Waals surface area contributed by atoms with E-state index in [1.165, 1.54) is 7.11 Å². The Hall–Kier alpha value is -3.58. The number of nitrogens with one attached hydrogen (secondary N) is 2. The van der Waals surface area contributed by atoms with Crippen LogP contribution in [-0.2, 0) is 11.8 Å². The lowest BCUT2D eigenvalue weighted by atomic mass is 10.1. The van der Waals surface area contributed by atoms with Gasteiger partial charge in [-0.25, -0.2) is 0 Å². The highest BCUT2D eigenvalue weighted by atomic mass is 16.5. The lowest BCUT2D eigenvalue weighted by Crippen LogP contribution is -2.35. The van der Waals surface area contributed by atoms with Crippen molar-refractivity contribution in [1.29, 1.82) is 0 Å². The first kappa shape index (κ1) is 21.1. The summed E-state index contributed by atoms with van der Waals surface area (Å²) in [7, 11) is 3.41. The maximum Gasteiger partial charge on any atom is 0.267 e. The molecule has 30 heavy (non-hydrogen) atoms. The zero-order valence-corrected chi connectivity index (χ0v) is 17.0. The highest BCUT2D eigenvalue weighted by Gasteiger charge is 2.18. The van der Waals surface area contributed by atoms with Crippen LogP contribution in [0.4, 0.5) is 0 Å². The van der Waals surface area contributed by atoms with Crippen LogP contribution in [0, 0.1) is 0 Å². The first-order valence-electron chi connectivity index (χ1n) is 9.64. The average Bonchev–Trinajstić information content (AvgIpc) is 3.08. The summed E-state index contributed by atoms with van der Waals surface area (Å²) in [6.45, 7) is 0.267. The zero-order valence-electron chi connectivity index (χ0n) is 17.0. The molecule has 0 spiro atoms. The second-order valence-electron chi connectivity index (χ2n) is 6.76. The van der Waals surface area contributed by atoms with Gasteiger partial charge in [-0.3, -0.25) is 9.59 Å². The molecule has 156 valence electrons. The van der Waals surface area contributed by atoms with Gasteiger partial charge in [-0.1, -0.05) is 30.3 Å². The standard InChI is InChI=1S/C23H25N3O4/c1-26-15-16(17-8-3-5-10-20(17)26)14-19(23(29)24-12-7-13-27)25-22(28)18-9-4-6-11-21(18)30-2/h3-6,8-11,14-15,27H,7,12-13H2,1-2H3,(H,24,29)(H,25,28). The number of methoxy groups -OCH3 is 1. The predicted molar refractivity (Wildman–Crippen MR) is 116 cm³/mol. The molecule has 0 saturated heterocycles. The van der Waals surface area contributed by atoms with E-state index >= 15 is 0 Å². The second-order valence-corrected chi connectivity index (χ2v) is 6.76. The van der Waals surface area contributed by atoms with Gasteiger partial charge in [0.05, 0.1) is 12.7 Å². The highest BCUT2D eigenvalue weighted by Crippen LogP contribution is 2.23. The van der Waals surface area contributed by atoms with Crippen molar-refractivity contribution < 1.29 is 19.4 Å². The van der Waals surface area contributed by atoms with Crippen molar-refractivity contribution in [3.63, 3.8) is 0 Å². The van der Waals surface area contributed by atoms with Gasteiger partial charge in [0.25, 0.3) is 11.8 Å². The summed E-state index contributed by atoms with van der Waals surface area (Å²) in [5, 5.41) is 15.4. The number of ether oxygens (including phenoxy) is 1. The summed E-state index contributed by atoms with van der Waals surface area (Å²) in [6.07, 6.45) is 3.98. The summed E-state index contributed by atoms with van der Waals surface area (Å²) in [5.74, 6) is -0.462. The minimum Gasteiger partial charge on any atom is -0.496 e. The number of aliphatic hydroxyl groups is 1. The van der Waals surface area contributed by atoms with Crippen LogP contribution >= 0.6 is 0 Å². The van der Waals surface area contributed by atoms with E-state index in [0.29, 0.717) is 24.3 Å². The van der Waals surface area contributed by atoms with E-state index in [1.54, 1.807) is 30.3 Å². The Balaban J connectivity index is 1.96. The van der Waals surface area contributed by atoms with Gasteiger partial charge >= 0.3 is 0 Å². The molecule has 7 heteroatoms. The van der Waals surface area contributed by atoms with Gasteiger partial charge in [-0.15, -0.1) is 0 Å². The van der Waals surface area contributed by atoms with Crippen molar-refractivity contribution in [2.45, 2.75) is 6.42 Å². The van der Waals surface area contributed by atoms with Crippen LogP contribution in [-0.4, -0.2) is 41.7 Å². The Labute approximate surface area is 175 Å². The fraction of sp³-hybridized carbons (Fsp3) is 0.217. The Kier molecular flexibility index (Phi) is 6.87. The molecule has 0 atom stereocenters. The zero-order chi connectivity index (χ0) is 21.5. The number of hydrogen-bond donors (Lipinski definition) is 3. The molecule has 0 radical (unpaired) electrons. The number of carbonyl (C=O) groups is 2. The van der Waals surface area contributed by atoms with Crippen LogP contribution in [0.2, 0.25) is 0 Å². The molecule has 3 aromatic rings. The van der Waals surface area contributed by atoms with Crippen molar-refractivity contribution in [3.05, 3.63) is 71.6 Å². The molecule has 1 aromatic heterocycles. The number of fused-ring (bicyclic) bond motifs is 1. The normalized spacial score (nSPS) is 11.4. The number of para-hydroxylation sites is 2. The molecule has 0 aliphatic carbocycles. The van der Waals surface area contributed by atoms with Crippen molar-refractivity contribution in [1.82, 2.24) is 15.2 Å². The van der Waals surface area contributed by atoms with Crippen LogP contribution in [0.15, 0.2) is 60.4 Å². The highest BCUT2D eigenvalue weighted by molar-refractivity contribution is 6.07. The van der Waals surface area contributed by atoms with Gasteiger partial charge in [0, 0.05) is 42.9 Å². The molecular weight excluding hydrogens is 382 g/mol. The molecule has 0 aliphatic rings. The van der Waals surface area contributed by atoms with Crippen LogP contribution in [0.5, 0.6) is 5.75 Å². The lowest BCUT2D eigenvalue weighted by Gasteiger charge is -2.12. The molecule has 0 fully saturated rings. The molecule has 0 saturated carbocycles. The Morgan fingerprint density at radius 1 is 1.13 bits per heavy atom. The summed E-state index contributed by atoms with van der Waals surface area (Å²) < 4.78 is 7.22. The number of amides is 2. The third kappa shape index (κ3) is 4.69. The molecule has 7 nitrogen and oxygen atoms in total. The smallest absolute Gasteiger partial charge is 0.267 e. The third-order valence-electron chi connectivity index (χ3n) is 4.69. The quantitative estimate of drug-likeness (QED) is 0.395. The number of rotatable bonds is 8. The van der Waals surface area contributed by atoms with Gasteiger partial charge < -0.3 is 25.0 Å². The number of aromatic nitrogens is 1. The maximum absolute atomic E-state index is 12.9. The van der Waals surface area contributed by atoms with E-state index in [9.17, 15) is 9.59 Å². The Morgan fingerprint density at radius 2 is 1.87 bits per heavy atom. The van der Waals surface area contributed by atoms with Crippen LogP contribution in [0.25, 0.3) is 17.0 Å². The number of aliphatic hydroxyl groups excluding tert-OH is 1. The number of hydrogen-bond acceptors (Lipinski definition) is 4. The van der Waals surface area contributed by atoms with E-state index in [0.717, 1.165) is 16.5 Å². The molecule has 0 bridgehead atoms. The van der Waals surface area contributed by atoms with E-state index in [4.69, 9.17) is 9.84 Å². The molecule has 3 N–H and O–H groups in total. The van der Waals surface area contributed by atoms with E-state index in [1.807, 2.05) is 42.1 Å². The largest absolute Gasteiger partial charge is 0.496 e. The van der Waals surface area contributed by atoms with Gasteiger partial charge in [-0.2, -0.15) is 0 Å². The maximum atomic E-state index is 12.9. The van der Waals surface area contributed by atoms with Crippen molar-refractivity contribution in [3.8, 4) is 5.75 Å². The number of nitrogens with zero attached hydrogens (tertiary/aromatic N) is 1.